The van der Waals surface area contributed by atoms with E-state index < -0.39 is 0 Å². The number of hydrogen-bond acceptors (Lipinski definition) is 3. The molecule has 0 N–H and O–H groups in total. The number of carbonyl (C=O) groups is 2. The summed E-state index contributed by atoms with van der Waals surface area (Å²) in [6.07, 6.45) is 5.62. The Labute approximate surface area is 115 Å². The molecule has 4 nitrogen and oxygen atoms in total. The van der Waals surface area contributed by atoms with Crippen molar-refractivity contribution < 1.29 is 14.3 Å². The molecule has 0 aromatic carbocycles. The van der Waals surface area contributed by atoms with Crippen LogP contribution in [0.2, 0.25) is 0 Å². The van der Waals surface area contributed by atoms with Crippen molar-refractivity contribution in [3.8, 4) is 0 Å². The van der Waals surface area contributed by atoms with Gasteiger partial charge in [-0.2, -0.15) is 0 Å². The number of fused-ring (bicyclic) bond motifs is 1. The fourth-order valence-corrected chi connectivity index (χ4v) is 3.92. The first-order valence-corrected chi connectivity index (χ1v) is 7.43. The van der Waals surface area contributed by atoms with E-state index in [9.17, 15) is 9.59 Å². The molecule has 2 rings (SSSR count). The summed E-state index contributed by atoms with van der Waals surface area (Å²) >= 11 is 0. The summed E-state index contributed by atoms with van der Waals surface area (Å²) in [6, 6.07) is 0.383. The smallest absolute Gasteiger partial charge is 0.305 e. The van der Waals surface area contributed by atoms with Crippen molar-refractivity contribution in [2.45, 2.75) is 58.4 Å². The minimum atomic E-state index is -0.368. The van der Waals surface area contributed by atoms with Crippen molar-refractivity contribution in [3.05, 3.63) is 0 Å². The van der Waals surface area contributed by atoms with Crippen LogP contribution >= 0.6 is 0 Å². The van der Waals surface area contributed by atoms with Crippen LogP contribution in [0.5, 0.6) is 0 Å². The van der Waals surface area contributed by atoms with Crippen molar-refractivity contribution in [3.63, 3.8) is 0 Å². The van der Waals surface area contributed by atoms with Crippen LogP contribution in [-0.2, 0) is 14.3 Å². The van der Waals surface area contributed by atoms with E-state index in [4.69, 9.17) is 4.74 Å². The number of amides is 1. The molecule has 0 spiro atoms. The average Bonchev–Trinajstić information content (AvgIpc) is 2.61. The van der Waals surface area contributed by atoms with Gasteiger partial charge in [0.25, 0.3) is 0 Å². The molecule has 0 aromatic rings. The first-order valence-electron chi connectivity index (χ1n) is 7.43. The molecule has 3 atom stereocenters. The summed E-state index contributed by atoms with van der Waals surface area (Å²) in [5, 5.41) is 0. The van der Waals surface area contributed by atoms with Crippen LogP contribution in [0.3, 0.4) is 0 Å². The fourth-order valence-electron chi connectivity index (χ4n) is 3.92. The minimum Gasteiger partial charge on any atom is -0.466 e. The number of carbonyl (C=O) groups excluding carboxylic acids is 2. The van der Waals surface area contributed by atoms with Gasteiger partial charge >= 0.3 is 5.97 Å². The van der Waals surface area contributed by atoms with Gasteiger partial charge in [-0.25, -0.2) is 0 Å². The van der Waals surface area contributed by atoms with E-state index in [1.54, 1.807) is 0 Å². The van der Waals surface area contributed by atoms with Crippen molar-refractivity contribution in [2.75, 3.05) is 13.7 Å². The average molecular weight is 267 g/mol. The third-order valence-electron chi connectivity index (χ3n) is 5.01. The highest BCUT2D eigenvalue weighted by molar-refractivity contribution is 5.86. The van der Waals surface area contributed by atoms with Crippen LogP contribution in [0.1, 0.15) is 52.4 Å². The molecule has 0 radical (unpaired) electrons. The molecule has 1 saturated carbocycles. The second-order valence-corrected chi connectivity index (χ2v) is 6.10. The van der Waals surface area contributed by atoms with Crippen LogP contribution in [0.25, 0.3) is 0 Å². The second-order valence-electron chi connectivity index (χ2n) is 6.10. The molecule has 1 aliphatic carbocycles. The van der Waals surface area contributed by atoms with E-state index in [0.717, 1.165) is 12.8 Å². The third-order valence-corrected chi connectivity index (χ3v) is 5.01. The Kier molecular flexibility index (Phi) is 4.16. The lowest BCUT2D eigenvalue weighted by Crippen LogP contribution is -2.34. The van der Waals surface area contributed by atoms with Gasteiger partial charge in [0.05, 0.1) is 12.0 Å². The van der Waals surface area contributed by atoms with E-state index in [1.807, 2.05) is 25.8 Å². The fraction of sp³-hybridized carbons (Fsp3) is 0.867. The molecule has 2 aliphatic rings. The van der Waals surface area contributed by atoms with Crippen LogP contribution in [0.4, 0.5) is 0 Å². The lowest BCUT2D eigenvalue weighted by Gasteiger charge is -2.34. The van der Waals surface area contributed by atoms with Gasteiger partial charge in [0.15, 0.2) is 0 Å². The molecular formula is C15H25NO3. The zero-order valence-corrected chi connectivity index (χ0v) is 12.3. The summed E-state index contributed by atoms with van der Waals surface area (Å²) in [7, 11) is 1.92. The van der Waals surface area contributed by atoms with Crippen LogP contribution in [0, 0.1) is 11.3 Å². The summed E-state index contributed by atoms with van der Waals surface area (Å²) < 4.78 is 4.98. The van der Waals surface area contributed by atoms with Crippen molar-refractivity contribution in [1.29, 1.82) is 0 Å². The van der Waals surface area contributed by atoms with Crippen LogP contribution in [0.15, 0.2) is 0 Å². The molecule has 0 aromatic heterocycles. The van der Waals surface area contributed by atoms with E-state index in [2.05, 4.69) is 0 Å². The molecule has 1 aliphatic heterocycles. The molecule has 108 valence electrons. The van der Waals surface area contributed by atoms with E-state index in [1.165, 1.54) is 12.8 Å². The molecule has 1 heterocycles. The maximum absolute atomic E-state index is 12.5. The zero-order chi connectivity index (χ0) is 14.0. The largest absolute Gasteiger partial charge is 0.466 e. The molecule has 4 heteroatoms. The van der Waals surface area contributed by atoms with E-state index >= 15 is 0 Å². The predicted molar refractivity (Wildman–Crippen MR) is 72.5 cm³/mol. The van der Waals surface area contributed by atoms with Gasteiger partial charge < -0.3 is 9.64 Å². The number of esters is 1. The van der Waals surface area contributed by atoms with Gasteiger partial charge in [-0.3, -0.25) is 9.59 Å². The van der Waals surface area contributed by atoms with Gasteiger partial charge in [-0.15, -0.1) is 0 Å². The lowest BCUT2D eigenvalue weighted by molar-refractivity contribution is -0.144. The lowest BCUT2D eigenvalue weighted by atomic mass is 9.68. The molecule has 1 saturated heterocycles. The summed E-state index contributed by atoms with van der Waals surface area (Å²) in [5.41, 5.74) is -0.368. The predicted octanol–water partition coefficient (Wildman–Crippen LogP) is 2.37. The topological polar surface area (TPSA) is 46.6 Å². The van der Waals surface area contributed by atoms with Gasteiger partial charge in [0.2, 0.25) is 5.91 Å². The summed E-state index contributed by atoms with van der Waals surface area (Å²) in [5.74, 6) is 0.445. The quantitative estimate of drug-likeness (QED) is 0.735. The van der Waals surface area contributed by atoms with Gasteiger partial charge in [0, 0.05) is 19.5 Å². The van der Waals surface area contributed by atoms with Gasteiger partial charge in [-0.1, -0.05) is 19.8 Å². The SMILES string of the molecule is CCOC(=O)CC[C@]1(C)C(=O)N(C)C2CCCCC21. The molecular weight excluding hydrogens is 242 g/mol. The first kappa shape index (κ1) is 14.4. The van der Waals surface area contributed by atoms with Crippen LogP contribution in [-0.4, -0.2) is 36.5 Å². The normalized spacial score (nSPS) is 34.3. The second kappa shape index (κ2) is 5.51. The summed E-state index contributed by atoms with van der Waals surface area (Å²) in [6.45, 7) is 4.27. The monoisotopic (exact) mass is 267 g/mol. The Morgan fingerprint density at radius 2 is 2.11 bits per heavy atom. The first-order chi connectivity index (χ1) is 9.00. The number of hydrogen-bond donors (Lipinski definition) is 0. The standard InChI is InChI=1S/C15H25NO3/c1-4-19-13(17)9-10-15(2)11-7-5-6-8-12(11)16(3)14(15)18/h11-12H,4-10H2,1-3H3/t11?,12?,15-/m0/s1. The highest BCUT2D eigenvalue weighted by atomic mass is 16.5. The highest BCUT2D eigenvalue weighted by Crippen LogP contribution is 2.50. The van der Waals surface area contributed by atoms with Crippen molar-refractivity contribution >= 4 is 11.9 Å². The number of nitrogens with zero attached hydrogens (tertiary/aromatic N) is 1. The Morgan fingerprint density at radius 3 is 2.79 bits per heavy atom. The van der Waals surface area contributed by atoms with Crippen LogP contribution < -0.4 is 0 Å². The van der Waals surface area contributed by atoms with Crippen molar-refractivity contribution in [1.82, 2.24) is 4.90 Å². The molecule has 2 unspecified atom stereocenters. The Bertz CT molecular complexity index is 368. The molecule has 1 amide bonds. The van der Waals surface area contributed by atoms with E-state index in [0.29, 0.717) is 31.4 Å². The Hall–Kier alpha value is -1.06. The number of likely N-dealkylation sites (tertiary alicyclic amines) is 1. The van der Waals surface area contributed by atoms with E-state index in [-0.39, 0.29) is 17.3 Å². The molecule has 19 heavy (non-hydrogen) atoms. The highest BCUT2D eigenvalue weighted by Gasteiger charge is 2.54. The maximum Gasteiger partial charge on any atom is 0.305 e. The maximum atomic E-state index is 12.5. The van der Waals surface area contributed by atoms with Crippen molar-refractivity contribution in [2.24, 2.45) is 11.3 Å². The van der Waals surface area contributed by atoms with Gasteiger partial charge in [-0.05, 0) is 32.1 Å². The summed E-state index contributed by atoms with van der Waals surface area (Å²) in [4.78, 5) is 26.0. The molecule has 2 fully saturated rings. The van der Waals surface area contributed by atoms with Gasteiger partial charge in [0.1, 0.15) is 0 Å². The Balaban J connectivity index is 2.07. The third kappa shape index (κ3) is 2.49. The number of ether oxygens (including phenoxy) is 1. The Morgan fingerprint density at radius 1 is 1.42 bits per heavy atom. The zero-order valence-electron chi connectivity index (χ0n) is 12.3. The minimum absolute atomic E-state index is 0.182. The molecule has 0 bridgehead atoms. The number of rotatable bonds is 4.